The number of thiazole rings is 1. The number of carbonyl (C=O) groups is 1. The second-order valence-electron chi connectivity index (χ2n) is 10.8. The summed E-state index contributed by atoms with van der Waals surface area (Å²) < 4.78 is 29.3. The third kappa shape index (κ3) is 6.17. The van der Waals surface area contributed by atoms with Gasteiger partial charge in [-0.15, -0.1) is 46.4 Å². The molecule has 0 aliphatic carbocycles. The predicted molar refractivity (Wildman–Crippen MR) is 179 cm³/mol. The first-order valence-electron chi connectivity index (χ1n) is 14.1. The summed E-state index contributed by atoms with van der Waals surface area (Å²) >= 11 is 4.51. The summed E-state index contributed by atoms with van der Waals surface area (Å²) in [6.07, 6.45) is 2.20. The van der Waals surface area contributed by atoms with Gasteiger partial charge in [-0.05, 0) is 54.0 Å². The van der Waals surface area contributed by atoms with Crippen molar-refractivity contribution in [3.8, 4) is 10.6 Å². The van der Waals surface area contributed by atoms with Gasteiger partial charge in [0.2, 0.25) is 5.91 Å². The van der Waals surface area contributed by atoms with Crippen LogP contribution in [0.2, 0.25) is 0 Å². The first-order valence-corrected chi connectivity index (χ1v) is 18.0. The average molecular weight is 671 g/mol. The smallest absolute Gasteiger partial charge is 0.252 e. The maximum atomic E-state index is 13.7. The molecule has 0 radical (unpaired) electrons. The standard InChI is InChI=1S/C31H30N4O3S4.ClH/c36-29(22-10-6-15-35(19-22)42(37,38)27-13-7-17-39-27)33-31-28(30-32-24-11-4-5-12-25(24)40-30)23-14-16-34(20-26(23)41-31)18-21-8-2-1-3-9-21;/h1-5,7-9,11-13,17,22H,6,10,14-16,18-20H2,(H,33,36);1H. The highest BCUT2D eigenvalue weighted by molar-refractivity contribution is 7.91. The van der Waals surface area contributed by atoms with E-state index in [9.17, 15) is 13.2 Å². The van der Waals surface area contributed by atoms with Crippen molar-refractivity contribution in [2.75, 3.05) is 25.0 Å². The van der Waals surface area contributed by atoms with Crippen LogP contribution in [0.5, 0.6) is 0 Å². The summed E-state index contributed by atoms with van der Waals surface area (Å²) in [5.74, 6) is -0.534. The van der Waals surface area contributed by atoms with Gasteiger partial charge in [0, 0.05) is 43.2 Å². The molecule has 43 heavy (non-hydrogen) atoms. The minimum atomic E-state index is -3.60. The van der Waals surface area contributed by atoms with Crippen LogP contribution in [0.25, 0.3) is 20.8 Å². The van der Waals surface area contributed by atoms with Crippen LogP contribution in [-0.4, -0.2) is 48.1 Å². The van der Waals surface area contributed by atoms with Crippen molar-refractivity contribution in [2.45, 2.75) is 36.6 Å². The highest BCUT2D eigenvalue weighted by atomic mass is 35.5. The molecule has 0 saturated carbocycles. The Morgan fingerprint density at radius 3 is 2.60 bits per heavy atom. The summed E-state index contributed by atoms with van der Waals surface area (Å²) in [6, 6.07) is 22.0. The second kappa shape index (κ2) is 12.8. The molecule has 7 nitrogen and oxygen atoms in total. The van der Waals surface area contributed by atoms with Crippen molar-refractivity contribution in [3.63, 3.8) is 0 Å². The van der Waals surface area contributed by atoms with Gasteiger partial charge in [0.05, 0.1) is 16.1 Å². The lowest BCUT2D eigenvalue weighted by molar-refractivity contribution is -0.120. The summed E-state index contributed by atoms with van der Waals surface area (Å²) in [4.78, 5) is 22.4. The van der Waals surface area contributed by atoms with Crippen molar-refractivity contribution < 1.29 is 13.2 Å². The molecule has 1 unspecified atom stereocenters. The van der Waals surface area contributed by atoms with Gasteiger partial charge in [0.1, 0.15) is 14.2 Å². The van der Waals surface area contributed by atoms with Crippen LogP contribution in [0.4, 0.5) is 5.00 Å². The number of benzene rings is 2. The lowest BCUT2D eigenvalue weighted by atomic mass is 9.98. The van der Waals surface area contributed by atoms with Crippen LogP contribution in [0.1, 0.15) is 28.8 Å². The number of halogens is 1. The number of nitrogens with zero attached hydrogens (tertiary/aromatic N) is 3. The molecule has 0 bridgehead atoms. The highest BCUT2D eigenvalue weighted by Gasteiger charge is 2.35. The Bertz CT molecular complexity index is 1800. The Kier molecular flexibility index (Phi) is 9.02. The molecule has 7 rings (SSSR count). The number of aromatic nitrogens is 1. The number of amides is 1. The molecule has 12 heteroatoms. The van der Waals surface area contributed by atoms with E-state index in [2.05, 4.69) is 40.5 Å². The van der Waals surface area contributed by atoms with Gasteiger partial charge in [0.15, 0.2) is 0 Å². The number of para-hydroxylation sites is 1. The molecule has 3 aromatic heterocycles. The molecule has 1 N–H and O–H groups in total. The van der Waals surface area contributed by atoms with Gasteiger partial charge >= 0.3 is 0 Å². The third-order valence-corrected chi connectivity index (χ3v) is 13.4. The Morgan fingerprint density at radius 2 is 1.81 bits per heavy atom. The first-order chi connectivity index (χ1) is 20.5. The second-order valence-corrected chi connectivity index (χ2v) is 16.0. The molecule has 224 valence electrons. The maximum Gasteiger partial charge on any atom is 0.252 e. The van der Waals surface area contributed by atoms with E-state index in [1.165, 1.54) is 31.6 Å². The minimum Gasteiger partial charge on any atom is -0.317 e. The zero-order valence-electron chi connectivity index (χ0n) is 23.3. The number of anilines is 1. The predicted octanol–water partition coefficient (Wildman–Crippen LogP) is 7.11. The van der Waals surface area contributed by atoms with Gasteiger partial charge in [-0.1, -0.05) is 48.5 Å². The number of hydrogen-bond acceptors (Lipinski definition) is 8. The molecule has 2 aromatic carbocycles. The largest absolute Gasteiger partial charge is 0.317 e. The quantitative estimate of drug-likeness (QED) is 0.200. The van der Waals surface area contributed by atoms with E-state index in [0.717, 1.165) is 51.8 Å². The Hall–Kier alpha value is -2.64. The van der Waals surface area contributed by atoms with E-state index in [1.807, 2.05) is 24.3 Å². The molecule has 5 aromatic rings. The number of thiophene rings is 2. The molecule has 1 saturated heterocycles. The summed E-state index contributed by atoms with van der Waals surface area (Å²) in [5, 5.41) is 6.77. The van der Waals surface area contributed by atoms with Crippen molar-refractivity contribution in [3.05, 3.63) is 88.1 Å². The fourth-order valence-corrected chi connectivity index (χ4v) is 10.9. The normalized spacial score (nSPS) is 17.8. The van der Waals surface area contributed by atoms with Crippen molar-refractivity contribution >= 4 is 77.6 Å². The highest BCUT2D eigenvalue weighted by Crippen LogP contribution is 2.46. The number of piperidine rings is 1. The fourth-order valence-electron chi connectivity index (χ4n) is 5.85. The van der Waals surface area contributed by atoms with Crippen molar-refractivity contribution in [1.82, 2.24) is 14.2 Å². The number of carbonyl (C=O) groups excluding carboxylic acids is 1. The number of fused-ring (bicyclic) bond motifs is 2. The molecule has 0 spiro atoms. The van der Waals surface area contributed by atoms with Gasteiger partial charge in [-0.25, -0.2) is 13.4 Å². The first kappa shape index (κ1) is 30.4. The molecule has 2 aliphatic rings. The van der Waals surface area contributed by atoms with Crippen LogP contribution in [0.3, 0.4) is 0 Å². The third-order valence-electron chi connectivity index (χ3n) is 7.97. The maximum absolute atomic E-state index is 13.7. The molecule has 1 amide bonds. The molecular weight excluding hydrogens is 640 g/mol. The van der Waals surface area contributed by atoms with Crippen LogP contribution in [-0.2, 0) is 34.3 Å². The van der Waals surface area contributed by atoms with Gasteiger partial charge < -0.3 is 5.32 Å². The van der Waals surface area contributed by atoms with E-state index in [1.54, 1.807) is 40.2 Å². The molecule has 2 aliphatic heterocycles. The van der Waals surface area contributed by atoms with Gasteiger partial charge in [-0.3, -0.25) is 9.69 Å². The number of nitrogens with one attached hydrogen (secondary N) is 1. The minimum absolute atomic E-state index is 0. The molecule has 5 heterocycles. The topological polar surface area (TPSA) is 82.6 Å². The number of sulfonamides is 1. The van der Waals surface area contributed by atoms with E-state index in [-0.39, 0.29) is 24.9 Å². The summed E-state index contributed by atoms with van der Waals surface area (Å²) in [5.41, 5.74) is 4.54. The SMILES string of the molecule is Cl.O=C(Nc1sc2c(c1-c1nc3ccccc3s1)CCN(Cc1ccccc1)C2)C1CCCN(S(=O)(=O)c2cccs2)C1. The lowest BCUT2D eigenvalue weighted by Gasteiger charge is -2.30. The van der Waals surface area contributed by atoms with E-state index >= 15 is 0 Å². The zero-order chi connectivity index (χ0) is 28.7. The summed E-state index contributed by atoms with van der Waals surface area (Å²) in [7, 11) is -3.60. The van der Waals surface area contributed by atoms with Crippen molar-refractivity contribution in [2.24, 2.45) is 5.92 Å². The van der Waals surface area contributed by atoms with E-state index in [4.69, 9.17) is 4.98 Å². The van der Waals surface area contributed by atoms with E-state index in [0.29, 0.717) is 23.6 Å². The Morgan fingerprint density at radius 1 is 1.00 bits per heavy atom. The zero-order valence-corrected chi connectivity index (χ0v) is 27.4. The monoisotopic (exact) mass is 670 g/mol. The Balaban J connectivity index is 0.00000329. The van der Waals surface area contributed by atoms with Crippen LogP contribution in [0.15, 0.2) is 76.3 Å². The molecular formula is C31H31ClN4O3S4. The molecule has 1 atom stereocenters. The van der Waals surface area contributed by atoms with E-state index < -0.39 is 15.9 Å². The number of hydrogen-bond donors (Lipinski definition) is 1. The number of rotatable bonds is 7. The average Bonchev–Trinajstić information content (AvgIpc) is 3.76. The fraction of sp³-hybridized carbons (Fsp3) is 0.290. The van der Waals surface area contributed by atoms with Gasteiger partial charge in [0.25, 0.3) is 10.0 Å². The lowest BCUT2D eigenvalue weighted by Crippen LogP contribution is -2.43. The van der Waals surface area contributed by atoms with Crippen LogP contribution >= 0.6 is 46.4 Å². The van der Waals surface area contributed by atoms with Crippen LogP contribution < -0.4 is 5.32 Å². The van der Waals surface area contributed by atoms with Crippen LogP contribution in [0, 0.1) is 5.92 Å². The summed E-state index contributed by atoms with van der Waals surface area (Å²) in [6.45, 7) is 3.26. The van der Waals surface area contributed by atoms with Gasteiger partial charge in [-0.2, -0.15) is 4.31 Å². The molecule has 1 fully saturated rings. The Labute approximate surface area is 269 Å². The van der Waals surface area contributed by atoms with Crippen molar-refractivity contribution in [1.29, 1.82) is 0 Å².